The lowest BCUT2D eigenvalue weighted by Crippen LogP contribution is -2.33. The van der Waals surface area contributed by atoms with Gasteiger partial charge < -0.3 is 24.2 Å². The molecule has 1 amide bonds. The number of carbonyl (C=O) groups excluding carboxylic acids is 2. The number of thiophene rings is 1. The first-order valence-corrected chi connectivity index (χ1v) is 10.9. The number of hydrogen-bond acceptors (Lipinski definition) is 7. The Kier molecular flexibility index (Phi) is 7.25. The highest BCUT2D eigenvalue weighted by Crippen LogP contribution is 2.43. The van der Waals surface area contributed by atoms with Crippen molar-refractivity contribution in [2.24, 2.45) is 0 Å². The predicted molar refractivity (Wildman–Crippen MR) is 119 cm³/mol. The van der Waals surface area contributed by atoms with E-state index in [0.717, 1.165) is 4.88 Å². The lowest BCUT2D eigenvalue weighted by molar-refractivity contribution is -0.140. The monoisotopic (exact) mass is 465 g/mol. The van der Waals surface area contributed by atoms with Crippen LogP contribution in [0.25, 0.3) is 5.76 Å². The van der Waals surface area contributed by atoms with Crippen molar-refractivity contribution in [3.05, 3.63) is 50.7 Å². The minimum Gasteiger partial charge on any atom is -0.507 e. The second kappa shape index (κ2) is 9.72. The minimum atomic E-state index is -0.767. The summed E-state index contributed by atoms with van der Waals surface area (Å²) in [7, 11) is 2.87. The molecule has 1 aliphatic heterocycles. The highest BCUT2D eigenvalue weighted by Gasteiger charge is 2.46. The van der Waals surface area contributed by atoms with Crippen molar-refractivity contribution in [2.45, 2.75) is 26.0 Å². The number of benzene rings is 1. The Morgan fingerprint density at radius 1 is 1.23 bits per heavy atom. The topological polar surface area (TPSA) is 85.3 Å². The van der Waals surface area contributed by atoms with Crippen LogP contribution in [0.5, 0.6) is 11.5 Å². The molecule has 7 nitrogen and oxygen atoms in total. The second-order valence-corrected chi connectivity index (χ2v) is 8.50. The van der Waals surface area contributed by atoms with Gasteiger partial charge in [0.05, 0.1) is 49.1 Å². The van der Waals surface area contributed by atoms with E-state index in [0.29, 0.717) is 5.75 Å². The van der Waals surface area contributed by atoms with E-state index in [1.54, 1.807) is 0 Å². The van der Waals surface area contributed by atoms with Gasteiger partial charge in [0.2, 0.25) is 0 Å². The smallest absolute Gasteiger partial charge is 0.295 e. The summed E-state index contributed by atoms with van der Waals surface area (Å²) >= 11 is 7.56. The van der Waals surface area contributed by atoms with E-state index in [2.05, 4.69) is 0 Å². The van der Waals surface area contributed by atoms with Crippen LogP contribution in [0.2, 0.25) is 5.02 Å². The first-order valence-electron chi connectivity index (χ1n) is 9.65. The summed E-state index contributed by atoms with van der Waals surface area (Å²) in [5, 5.41) is 13.3. The van der Waals surface area contributed by atoms with E-state index >= 15 is 0 Å². The fourth-order valence-electron chi connectivity index (χ4n) is 3.43. The second-order valence-electron chi connectivity index (χ2n) is 7.11. The van der Waals surface area contributed by atoms with Crippen LogP contribution in [0.15, 0.2) is 35.2 Å². The van der Waals surface area contributed by atoms with Gasteiger partial charge in [-0.1, -0.05) is 17.7 Å². The molecule has 1 aliphatic rings. The average molecular weight is 466 g/mol. The zero-order chi connectivity index (χ0) is 22.7. The SMILES string of the molecule is COc1cc(/C(O)=C2\C(=O)C(=O)N(CCOC(C)C)C2c2cccs2)c(OC)cc1Cl. The number of methoxy groups -OCH3 is 2. The van der Waals surface area contributed by atoms with Crippen LogP contribution in [0, 0.1) is 0 Å². The van der Waals surface area contributed by atoms with Crippen LogP contribution in [-0.2, 0) is 14.3 Å². The first kappa shape index (κ1) is 23.1. The molecule has 1 atom stereocenters. The molecule has 1 unspecified atom stereocenters. The molecule has 1 saturated heterocycles. The standard InChI is InChI=1S/C22H24ClNO6S/c1-12(2)30-8-7-24-19(17-6-5-9-31-17)18(21(26)22(24)27)20(25)13-10-16(29-4)14(23)11-15(13)28-3/h5-6,9-12,19,25H,7-8H2,1-4H3/b20-18+. The Morgan fingerprint density at radius 3 is 2.52 bits per heavy atom. The van der Waals surface area contributed by atoms with Gasteiger partial charge >= 0.3 is 0 Å². The lowest BCUT2D eigenvalue weighted by Gasteiger charge is -2.24. The molecule has 0 bridgehead atoms. The fraction of sp³-hybridized carbons (Fsp3) is 0.364. The van der Waals surface area contributed by atoms with Crippen LogP contribution in [0.1, 0.15) is 30.3 Å². The number of ether oxygens (including phenoxy) is 3. The largest absolute Gasteiger partial charge is 0.507 e. The number of carbonyl (C=O) groups is 2. The summed E-state index contributed by atoms with van der Waals surface area (Å²) in [6, 6.07) is 5.89. The van der Waals surface area contributed by atoms with Gasteiger partial charge in [-0.25, -0.2) is 0 Å². The Labute approximate surface area is 189 Å². The van der Waals surface area contributed by atoms with Crippen LogP contribution >= 0.6 is 22.9 Å². The van der Waals surface area contributed by atoms with E-state index < -0.39 is 17.7 Å². The molecular formula is C22H24ClNO6S. The molecule has 31 heavy (non-hydrogen) atoms. The Morgan fingerprint density at radius 2 is 1.94 bits per heavy atom. The number of aliphatic hydroxyl groups excluding tert-OH is 1. The Balaban J connectivity index is 2.14. The van der Waals surface area contributed by atoms with Crippen molar-refractivity contribution in [1.29, 1.82) is 0 Å². The maximum Gasteiger partial charge on any atom is 0.295 e. The molecule has 1 aromatic heterocycles. The lowest BCUT2D eigenvalue weighted by atomic mass is 9.99. The molecule has 9 heteroatoms. The summed E-state index contributed by atoms with van der Waals surface area (Å²) < 4.78 is 16.2. The van der Waals surface area contributed by atoms with Gasteiger partial charge in [0.25, 0.3) is 11.7 Å². The average Bonchev–Trinajstić information content (AvgIpc) is 3.35. The Bertz CT molecular complexity index is 1000. The van der Waals surface area contributed by atoms with Crippen molar-refractivity contribution in [2.75, 3.05) is 27.4 Å². The van der Waals surface area contributed by atoms with Crippen LogP contribution in [0.3, 0.4) is 0 Å². The molecule has 3 rings (SSSR count). The van der Waals surface area contributed by atoms with Gasteiger partial charge in [0.1, 0.15) is 17.3 Å². The van der Waals surface area contributed by atoms with E-state index in [9.17, 15) is 14.7 Å². The quantitative estimate of drug-likeness (QED) is 0.356. The van der Waals surface area contributed by atoms with Gasteiger partial charge in [0.15, 0.2) is 0 Å². The van der Waals surface area contributed by atoms with Gasteiger partial charge in [-0.05, 0) is 31.4 Å². The number of Topliss-reactive ketones (excluding diaryl/α,β-unsaturated/α-hetero) is 1. The molecule has 1 N–H and O–H groups in total. The number of likely N-dealkylation sites (tertiary alicyclic amines) is 1. The number of amides is 1. The molecule has 0 aliphatic carbocycles. The maximum absolute atomic E-state index is 13.0. The summed E-state index contributed by atoms with van der Waals surface area (Å²) in [5.74, 6) is -1.25. The molecule has 0 spiro atoms. The highest BCUT2D eigenvalue weighted by atomic mass is 35.5. The van der Waals surface area contributed by atoms with Gasteiger partial charge in [-0.3, -0.25) is 9.59 Å². The molecule has 0 saturated carbocycles. The zero-order valence-electron chi connectivity index (χ0n) is 17.7. The van der Waals surface area contributed by atoms with E-state index in [1.807, 2.05) is 31.4 Å². The van der Waals surface area contributed by atoms with Crippen LogP contribution < -0.4 is 9.47 Å². The fourth-order valence-corrected chi connectivity index (χ4v) is 4.51. The van der Waals surface area contributed by atoms with Gasteiger partial charge in [-0.15, -0.1) is 11.3 Å². The van der Waals surface area contributed by atoms with Crippen molar-refractivity contribution in [1.82, 2.24) is 4.90 Å². The third kappa shape index (κ3) is 4.56. The van der Waals surface area contributed by atoms with E-state index in [4.69, 9.17) is 25.8 Å². The van der Waals surface area contributed by atoms with Crippen molar-refractivity contribution < 1.29 is 28.9 Å². The third-order valence-electron chi connectivity index (χ3n) is 4.87. The predicted octanol–water partition coefficient (Wildman–Crippen LogP) is 4.27. The van der Waals surface area contributed by atoms with Crippen molar-refractivity contribution >= 4 is 40.4 Å². The van der Waals surface area contributed by atoms with Gasteiger partial charge in [-0.2, -0.15) is 0 Å². The summed E-state index contributed by atoms with van der Waals surface area (Å²) in [6.07, 6.45) is -0.0113. The van der Waals surface area contributed by atoms with E-state index in [-0.39, 0.29) is 46.9 Å². The first-order chi connectivity index (χ1) is 14.8. The highest BCUT2D eigenvalue weighted by molar-refractivity contribution is 7.10. The molecule has 2 aromatic rings. The maximum atomic E-state index is 13.0. The van der Waals surface area contributed by atoms with Crippen molar-refractivity contribution in [3.63, 3.8) is 0 Å². The summed E-state index contributed by atoms with van der Waals surface area (Å²) in [4.78, 5) is 28.1. The zero-order valence-corrected chi connectivity index (χ0v) is 19.2. The molecule has 2 heterocycles. The Hall–Kier alpha value is -2.55. The number of aliphatic hydroxyl groups is 1. The number of rotatable bonds is 8. The summed E-state index contributed by atoms with van der Waals surface area (Å²) in [6.45, 7) is 4.27. The number of nitrogens with zero attached hydrogens (tertiary/aromatic N) is 1. The van der Waals surface area contributed by atoms with Crippen LogP contribution in [-0.4, -0.2) is 55.2 Å². The normalized spacial score (nSPS) is 18.1. The molecule has 1 fully saturated rings. The van der Waals surface area contributed by atoms with Crippen molar-refractivity contribution in [3.8, 4) is 11.5 Å². The van der Waals surface area contributed by atoms with E-state index in [1.165, 1.54) is 42.6 Å². The summed E-state index contributed by atoms with van der Waals surface area (Å²) in [5.41, 5.74) is 0.196. The number of hydrogen-bond donors (Lipinski definition) is 1. The van der Waals surface area contributed by atoms with Gasteiger partial charge in [0, 0.05) is 17.5 Å². The number of halogens is 1. The minimum absolute atomic E-state index is 0.0113. The number of ketones is 1. The molecular weight excluding hydrogens is 442 g/mol. The van der Waals surface area contributed by atoms with Crippen LogP contribution in [0.4, 0.5) is 0 Å². The molecule has 166 valence electrons. The molecule has 1 aromatic carbocycles. The third-order valence-corrected chi connectivity index (χ3v) is 6.09. The molecule has 0 radical (unpaired) electrons.